The van der Waals surface area contributed by atoms with Gasteiger partial charge in [-0.1, -0.05) is 270 Å². The average molecular weight is 1160 g/mol. The van der Waals surface area contributed by atoms with Crippen LogP contribution >= 0.6 is 7.82 Å². The van der Waals surface area contributed by atoms with Crippen molar-refractivity contribution in [3.8, 4) is 0 Å². The quantitative estimate of drug-likeness (QED) is 0.0195. The first kappa shape index (κ1) is 78.4. The van der Waals surface area contributed by atoms with Crippen LogP contribution in [0.15, 0.2) is 122 Å². The zero-order chi connectivity index (χ0) is 59.8. The summed E-state index contributed by atoms with van der Waals surface area (Å²) >= 11 is 0. The number of hydrogen-bond acceptors (Lipinski definition) is 8. The van der Waals surface area contributed by atoms with E-state index in [4.69, 9.17) is 18.5 Å². The highest BCUT2D eigenvalue weighted by molar-refractivity contribution is 7.45. The van der Waals surface area contributed by atoms with Gasteiger partial charge in [-0.15, -0.1) is 0 Å². The highest BCUT2D eigenvalue weighted by atomic mass is 31.2. The van der Waals surface area contributed by atoms with E-state index in [0.717, 1.165) is 116 Å². The molecule has 0 radical (unpaired) electrons. The molecule has 0 heterocycles. The Hall–Kier alpha value is -3.59. The summed E-state index contributed by atoms with van der Waals surface area (Å²) < 4.78 is 34.3. The number of carbonyl (C=O) groups is 2. The van der Waals surface area contributed by atoms with Crippen molar-refractivity contribution in [1.82, 2.24) is 0 Å². The van der Waals surface area contributed by atoms with Crippen LogP contribution in [0.2, 0.25) is 0 Å². The Bertz CT molecular complexity index is 1800. The molecule has 0 spiro atoms. The summed E-state index contributed by atoms with van der Waals surface area (Å²) in [6.07, 6.45) is 88.3. The zero-order valence-corrected chi connectivity index (χ0v) is 54.3. The van der Waals surface area contributed by atoms with Gasteiger partial charge in [-0.25, -0.2) is 0 Å². The molecule has 0 saturated carbocycles. The molecule has 0 fully saturated rings. The fraction of sp³-hybridized carbons (Fsp3) is 0.694. The van der Waals surface area contributed by atoms with Crippen molar-refractivity contribution in [2.24, 2.45) is 0 Å². The minimum absolute atomic E-state index is 0.0374. The second-order valence-corrected chi connectivity index (χ2v) is 24.5. The van der Waals surface area contributed by atoms with E-state index in [9.17, 15) is 19.0 Å². The Balaban J connectivity index is 4.13. The molecule has 9 nitrogen and oxygen atoms in total. The fourth-order valence-corrected chi connectivity index (χ4v) is 9.61. The van der Waals surface area contributed by atoms with Crippen LogP contribution in [0.5, 0.6) is 0 Å². The SMILES string of the molecule is CC/C=C\C/C=C\C/C=C\C/C=C\C/C=C\C/C=C\C/C=C\CCCCCCCCCCCCCC(=O)OC(COC(=O)CCCCCCCCCCCC/C=C\C/C=C\C/C=C\CCCCCCC)COP(=O)([O-])OCC[N+](C)(C)C. The molecule has 0 aliphatic heterocycles. The van der Waals surface area contributed by atoms with E-state index in [1.165, 1.54) is 122 Å². The number of phosphoric acid groups is 1. The van der Waals surface area contributed by atoms with E-state index in [1.807, 2.05) is 21.1 Å². The largest absolute Gasteiger partial charge is 0.756 e. The maximum atomic E-state index is 12.9. The number of esters is 2. The molecule has 0 aromatic rings. The van der Waals surface area contributed by atoms with E-state index < -0.39 is 26.5 Å². The van der Waals surface area contributed by atoms with E-state index in [0.29, 0.717) is 17.4 Å². The number of unbranched alkanes of at least 4 members (excludes halogenated alkanes) is 26. The first-order chi connectivity index (χ1) is 40.0. The molecule has 10 heteroatoms. The van der Waals surface area contributed by atoms with Gasteiger partial charge >= 0.3 is 11.9 Å². The summed E-state index contributed by atoms with van der Waals surface area (Å²) in [7, 11) is 1.15. The number of ether oxygens (including phenoxy) is 2. The van der Waals surface area contributed by atoms with Gasteiger partial charge in [0.1, 0.15) is 19.8 Å². The van der Waals surface area contributed by atoms with Gasteiger partial charge < -0.3 is 27.9 Å². The molecule has 0 aromatic heterocycles. The third-order valence-corrected chi connectivity index (χ3v) is 14.9. The van der Waals surface area contributed by atoms with Crippen molar-refractivity contribution < 1.29 is 42.1 Å². The van der Waals surface area contributed by atoms with Gasteiger partial charge in [0.2, 0.25) is 0 Å². The molecule has 0 aliphatic carbocycles. The van der Waals surface area contributed by atoms with Crippen LogP contribution in [0, 0.1) is 0 Å². The number of rotatable bonds is 60. The molecule has 82 heavy (non-hydrogen) atoms. The predicted octanol–water partition coefficient (Wildman–Crippen LogP) is 20.9. The number of likely N-dealkylation sites (N-methyl/N-ethyl adjacent to an activating group) is 1. The van der Waals surface area contributed by atoms with Gasteiger partial charge in [0.25, 0.3) is 7.82 Å². The predicted molar refractivity (Wildman–Crippen MR) is 351 cm³/mol. The van der Waals surface area contributed by atoms with Crippen LogP contribution in [-0.2, 0) is 32.7 Å². The van der Waals surface area contributed by atoms with Crippen molar-refractivity contribution in [1.29, 1.82) is 0 Å². The number of nitrogens with zero attached hydrogens (tertiary/aromatic N) is 1. The van der Waals surface area contributed by atoms with Gasteiger partial charge in [-0.2, -0.15) is 0 Å². The first-order valence-corrected chi connectivity index (χ1v) is 34.7. The monoisotopic (exact) mass is 1160 g/mol. The smallest absolute Gasteiger partial charge is 0.306 e. The molecule has 0 amide bonds. The molecule has 2 atom stereocenters. The zero-order valence-electron chi connectivity index (χ0n) is 53.4. The number of quaternary nitrogens is 1. The lowest BCUT2D eigenvalue weighted by Crippen LogP contribution is -2.37. The van der Waals surface area contributed by atoms with Crippen molar-refractivity contribution in [2.75, 3.05) is 47.5 Å². The topological polar surface area (TPSA) is 111 Å². The molecule has 2 unspecified atom stereocenters. The molecule has 0 saturated heterocycles. The second kappa shape index (κ2) is 62.0. The van der Waals surface area contributed by atoms with E-state index in [-0.39, 0.29) is 32.0 Å². The molecule has 0 aromatic carbocycles. The Kier molecular flexibility index (Phi) is 59.2. The summed E-state index contributed by atoms with van der Waals surface area (Å²) in [5.74, 6) is -0.842. The fourth-order valence-electron chi connectivity index (χ4n) is 8.88. The van der Waals surface area contributed by atoms with Crippen LogP contribution in [0.3, 0.4) is 0 Å². The normalized spacial score (nSPS) is 14.0. The summed E-state index contributed by atoms with van der Waals surface area (Å²) in [4.78, 5) is 38.0. The average Bonchev–Trinajstić information content (AvgIpc) is 3.46. The van der Waals surface area contributed by atoms with Crippen LogP contribution in [0.25, 0.3) is 0 Å². The van der Waals surface area contributed by atoms with Gasteiger partial charge in [0, 0.05) is 12.8 Å². The van der Waals surface area contributed by atoms with Gasteiger partial charge in [0.15, 0.2) is 6.10 Å². The first-order valence-electron chi connectivity index (χ1n) is 33.2. The second-order valence-electron chi connectivity index (χ2n) is 23.1. The summed E-state index contributed by atoms with van der Waals surface area (Å²) in [6, 6.07) is 0. The van der Waals surface area contributed by atoms with Crippen LogP contribution < -0.4 is 4.89 Å². The molecular formula is C72H124NO8P. The highest BCUT2D eigenvalue weighted by Crippen LogP contribution is 2.38. The molecule has 0 N–H and O–H groups in total. The summed E-state index contributed by atoms with van der Waals surface area (Å²) in [6.45, 7) is 4.11. The summed E-state index contributed by atoms with van der Waals surface area (Å²) in [5.41, 5.74) is 0. The molecule has 0 aliphatic rings. The van der Waals surface area contributed by atoms with Gasteiger partial charge in [-0.05, 0) is 109 Å². The van der Waals surface area contributed by atoms with Crippen LogP contribution in [0.4, 0.5) is 0 Å². The molecule has 470 valence electrons. The lowest BCUT2D eigenvalue weighted by Gasteiger charge is -2.28. The maximum absolute atomic E-state index is 12.9. The Labute approximate surface area is 505 Å². The minimum Gasteiger partial charge on any atom is -0.756 e. The third-order valence-electron chi connectivity index (χ3n) is 14.0. The van der Waals surface area contributed by atoms with Gasteiger partial charge in [0.05, 0.1) is 27.7 Å². The van der Waals surface area contributed by atoms with Crippen LogP contribution in [0.1, 0.15) is 271 Å². The Morgan fingerprint density at radius 2 is 0.695 bits per heavy atom. The number of carbonyl (C=O) groups excluding carboxylic acids is 2. The standard InChI is InChI=1S/C72H124NO8P/c1-6-8-10-12-14-16-18-20-22-24-26-28-30-32-33-34-35-36-37-38-39-41-43-45-47-49-51-53-55-57-59-61-63-65-72(75)81-70(69-80-82(76,77)79-67-66-73(3,4)5)68-78-71(74)64-62-60-58-56-54-52-50-48-46-44-42-40-31-29-27-25-23-21-19-17-15-13-11-9-7-2/h8,10,14,16,19-22,25-28,31-33,35-36,38-40,70H,6-7,9,11-13,15,17-18,23-24,29-30,34,37,41-69H2,1-5H3/b10-8-,16-14-,21-19-,22-20-,27-25-,28-26-,33-32-,36-35-,39-38-,40-31-. The maximum Gasteiger partial charge on any atom is 0.306 e. The Morgan fingerprint density at radius 1 is 0.390 bits per heavy atom. The lowest BCUT2D eigenvalue weighted by molar-refractivity contribution is -0.870. The third kappa shape index (κ3) is 65.6. The van der Waals surface area contributed by atoms with Crippen LogP contribution in [-0.4, -0.2) is 70.0 Å². The number of hydrogen-bond donors (Lipinski definition) is 0. The summed E-state index contributed by atoms with van der Waals surface area (Å²) in [5, 5.41) is 0. The molecule has 0 rings (SSSR count). The Morgan fingerprint density at radius 3 is 1.04 bits per heavy atom. The number of allylic oxidation sites excluding steroid dienone is 20. The molecular weight excluding hydrogens is 1040 g/mol. The van der Waals surface area contributed by atoms with E-state index in [2.05, 4.69) is 135 Å². The highest BCUT2D eigenvalue weighted by Gasteiger charge is 2.22. The van der Waals surface area contributed by atoms with Gasteiger partial charge in [-0.3, -0.25) is 14.2 Å². The van der Waals surface area contributed by atoms with Crippen molar-refractivity contribution in [3.63, 3.8) is 0 Å². The van der Waals surface area contributed by atoms with E-state index >= 15 is 0 Å². The van der Waals surface area contributed by atoms with Crippen molar-refractivity contribution >= 4 is 19.8 Å². The minimum atomic E-state index is -4.65. The van der Waals surface area contributed by atoms with E-state index in [1.54, 1.807) is 0 Å². The molecule has 0 bridgehead atoms. The lowest BCUT2D eigenvalue weighted by atomic mass is 10.0. The van der Waals surface area contributed by atoms with Crippen molar-refractivity contribution in [2.45, 2.75) is 277 Å². The van der Waals surface area contributed by atoms with Crippen molar-refractivity contribution in [3.05, 3.63) is 122 Å². The number of phosphoric ester groups is 1.